The summed E-state index contributed by atoms with van der Waals surface area (Å²) in [6.07, 6.45) is 4.25. The zero-order valence-corrected chi connectivity index (χ0v) is 18.8. The normalized spacial score (nSPS) is 15.5. The van der Waals surface area contributed by atoms with Gasteiger partial charge in [-0.3, -0.25) is 14.2 Å². The van der Waals surface area contributed by atoms with Crippen molar-refractivity contribution in [2.45, 2.75) is 39.2 Å². The van der Waals surface area contributed by atoms with E-state index in [9.17, 15) is 9.59 Å². The minimum atomic E-state index is -0.150. The molecule has 1 aliphatic rings. The molecular formula is C23H26N2O5S. The zero-order valence-electron chi connectivity index (χ0n) is 18.0. The molecule has 0 fully saturated rings. The van der Waals surface area contributed by atoms with Gasteiger partial charge < -0.3 is 14.2 Å². The number of hydrogen-bond donors (Lipinski definition) is 0. The lowest BCUT2D eigenvalue weighted by molar-refractivity contribution is -0.148. The highest BCUT2D eigenvalue weighted by atomic mass is 32.1. The van der Waals surface area contributed by atoms with Gasteiger partial charge in [0.1, 0.15) is 16.3 Å². The van der Waals surface area contributed by atoms with E-state index in [2.05, 4.69) is 4.98 Å². The van der Waals surface area contributed by atoms with Crippen molar-refractivity contribution in [3.8, 4) is 11.5 Å². The Kier molecular flexibility index (Phi) is 6.27. The lowest BCUT2D eigenvalue weighted by Crippen LogP contribution is -2.25. The fourth-order valence-electron chi connectivity index (χ4n) is 4.14. The molecule has 2 heterocycles. The van der Waals surface area contributed by atoms with E-state index in [0.29, 0.717) is 44.2 Å². The molecule has 1 aliphatic carbocycles. The van der Waals surface area contributed by atoms with Crippen LogP contribution in [0.25, 0.3) is 10.2 Å². The number of aromatic nitrogens is 2. The summed E-state index contributed by atoms with van der Waals surface area (Å²) in [6.45, 7) is 2.69. The standard InChI is InChI=1S/C23H26N2O5S/c1-4-30-23(27)15-5-7-17-19(12-15)31-21-20(17)22(26)25(13-24-21)10-9-14-11-16(28-2)6-8-18(14)29-3/h6,8,11,13,15H,4-5,7,9-10,12H2,1-3H3. The van der Waals surface area contributed by atoms with Gasteiger partial charge in [-0.2, -0.15) is 0 Å². The number of hydrogen-bond acceptors (Lipinski definition) is 7. The number of methoxy groups -OCH3 is 2. The maximum absolute atomic E-state index is 13.3. The van der Waals surface area contributed by atoms with Gasteiger partial charge in [0.25, 0.3) is 5.56 Å². The van der Waals surface area contributed by atoms with Crippen molar-refractivity contribution in [2.75, 3.05) is 20.8 Å². The minimum absolute atomic E-state index is 0.0288. The predicted molar refractivity (Wildman–Crippen MR) is 119 cm³/mol. The second-order valence-corrected chi connectivity index (χ2v) is 8.63. The Balaban J connectivity index is 1.60. The molecule has 0 radical (unpaired) electrons. The monoisotopic (exact) mass is 442 g/mol. The number of nitrogens with zero attached hydrogens (tertiary/aromatic N) is 2. The number of rotatable bonds is 7. The van der Waals surface area contributed by atoms with E-state index in [1.807, 2.05) is 25.1 Å². The van der Waals surface area contributed by atoms with Gasteiger partial charge in [0, 0.05) is 11.4 Å². The van der Waals surface area contributed by atoms with Crippen LogP contribution in [0.1, 0.15) is 29.3 Å². The van der Waals surface area contributed by atoms with Crippen LogP contribution in [0.3, 0.4) is 0 Å². The Labute approximate surface area is 184 Å². The molecule has 0 saturated heterocycles. The molecule has 1 unspecified atom stereocenters. The van der Waals surface area contributed by atoms with Crippen LogP contribution in [-0.2, 0) is 35.3 Å². The van der Waals surface area contributed by atoms with Crippen LogP contribution in [-0.4, -0.2) is 36.3 Å². The number of carbonyl (C=O) groups is 1. The molecule has 7 nitrogen and oxygen atoms in total. The molecule has 1 aromatic carbocycles. The molecule has 8 heteroatoms. The van der Waals surface area contributed by atoms with E-state index in [1.54, 1.807) is 25.1 Å². The largest absolute Gasteiger partial charge is 0.497 e. The molecule has 31 heavy (non-hydrogen) atoms. The first kappa shape index (κ1) is 21.4. The van der Waals surface area contributed by atoms with Gasteiger partial charge in [-0.05, 0) is 61.9 Å². The number of thiophene rings is 1. The molecule has 0 spiro atoms. The third-order valence-electron chi connectivity index (χ3n) is 5.77. The third kappa shape index (κ3) is 4.17. The lowest BCUT2D eigenvalue weighted by atomic mass is 9.88. The van der Waals surface area contributed by atoms with Crippen molar-refractivity contribution in [2.24, 2.45) is 5.92 Å². The Morgan fingerprint density at radius 2 is 2.13 bits per heavy atom. The highest BCUT2D eigenvalue weighted by Crippen LogP contribution is 2.36. The number of ether oxygens (including phenoxy) is 3. The molecule has 1 atom stereocenters. The van der Waals surface area contributed by atoms with Gasteiger partial charge >= 0.3 is 5.97 Å². The van der Waals surface area contributed by atoms with Gasteiger partial charge in [-0.25, -0.2) is 4.98 Å². The SMILES string of the molecule is CCOC(=O)C1CCc2c(sc3ncn(CCc4cc(OC)ccc4OC)c(=O)c23)C1. The van der Waals surface area contributed by atoms with Crippen LogP contribution in [0, 0.1) is 5.92 Å². The molecule has 0 aliphatic heterocycles. The van der Waals surface area contributed by atoms with E-state index in [1.165, 1.54) is 11.3 Å². The fourth-order valence-corrected chi connectivity index (χ4v) is 5.40. The molecule has 0 saturated carbocycles. The molecule has 0 bridgehead atoms. The van der Waals surface area contributed by atoms with Crippen LogP contribution < -0.4 is 15.0 Å². The summed E-state index contributed by atoms with van der Waals surface area (Å²) in [4.78, 5) is 31.8. The molecule has 2 aromatic heterocycles. The molecule has 4 rings (SSSR count). The van der Waals surface area contributed by atoms with E-state index >= 15 is 0 Å². The predicted octanol–water partition coefficient (Wildman–Crippen LogP) is 3.39. The zero-order chi connectivity index (χ0) is 22.0. The fraction of sp³-hybridized carbons (Fsp3) is 0.435. The second kappa shape index (κ2) is 9.09. The number of benzene rings is 1. The minimum Gasteiger partial charge on any atom is -0.497 e. The maximum atomic E-state index is 13.3. The van der Waals surface area contributed by atoms with Crippen LogP contribution in [0.5, 0.6) is 11.5 Å². The van der Waals surface area contributed by atoms with Gasteiger partial charge in [-0.15, -0.1) is 11.3 Å². The first-order chi connectivity index (χ1) is 15.0. The van der Waals surface area contributed by atoms with Crippen molar-refractivity contribution >= 4 is 27.5 Å². The molecule has 0 amide bonds. The topological polar surface area (TPSA) is 79.7 Å². The Hall–Kier alpha value is -2.87. The van der Waals surface area contributed by atoms with Crippen molar-refractivity contribution < 1.29 is 19.0 Å². The summed E-state index contributed by atoms with van der Waals surface area (Å²) >= 11 is 1.52. The number of fused-ring (bicyclic) bond motifs is 3. The number of carbonyl (C=O) groups excluding carboxylic acids is 1. The van der Waals surface area contributed by atoms with Gasteiger partial charge in [0.15, 0.2) is 0 Å². The van der Waals surface area contributed by atoms with Crippen molar-refractivity contribution in [3.63, 3.8) is 0 Å². The summed E-state index contributed by atoms with van der Waals surface area (Å²) in [5.74, 6) is 1.23. The summed E-state index contributed by atoms with van der Waals surface area (Å²) in [5.41, 5.74) is 1.99. The Morgan fingerprint density at radius 3 is 2.87 bits per heavy atom. The smallest absolute Gasteiger partial charge is 0.309 e. The van der Waals surface area contributed by atoms with Gasteiger partial charge in [-0.1, -0.05) is 0 Å². The van der Waals surface area contributed by atoms with Crippen molar-refractivity contribution in [1.29, 1.82) is 0 Å². The summed E-state index contributed by atoms with van der Waals surface area (Å²) < 4.78 is 17.6. The van der Waals surface area contributed by atoms with Crippen molar-refractivity contribution in [3.05, 3.63) is 50.9 Å². The van der Waals surface area contributed by atoms with Gasteiger partial charge in [0.05, 0.1) is 38.5 Å². The Morgan fingerprint density at radius 1 is 1.29 bits per heavy atom. The second-order valence-electron chi connectivity index (χ2n) is 7.55. The average Bonchev–Trinajstić information content (AvgIpc) is 3.17. The van der Waals surface area contributed by atoms with E-state index < -0.39 is 0 Å². The third-order valence-corrected chi connectivity index (χ3v) is 6.93. The number of aryl methyl sites for hydroxylation is 3. The van der Waals surface area contributed by atoms with Crippen LogP contribution in [0.15, 0.2) is 29.3 Å². The van der Waals surface area contributed by atoms with Crippen LogP contribution in [0.2, 0.25) is 0 Å². The van der Waals surface area contributed by atoms with Crippen LogP contribution >= 0.6 is 11.3 Å². The number of esters is 1. The summed E-state index contributed by atoms with van der Waals surface area (Å²) in [7, 11) is 3.26. The first-order valence-electron chi connectivity index (χ1n) is 10.4. The highest BCUT2D eigenvalue weighted by Gasteiger charge is 2.29. The average molecular weight is 443 g/mol. The lowest BCUT2D eigenvalue weighted by Gasteiger charge is -2.20. The summed E-state index contributed by atoms with van der Waals surface area (Å²) in [5, 5.41) is 0.697. The highest BCUT2D eigenvalue weighted by molar-refractivity contribution is 7.18. The maximum Gasteiger partial charge on any atom is 0.309 e. The quantitative estimate of drug-likeness (QED) is 0.522. The van der Waals surface area contributed by atoms with E-state index in [0.717, 1.165) is 32.3 Å². The first-order valence-corrected chi connectivity index (χ1v) is 11.2. The molecular weight excluding hydrogens is 416 g/mol. The van der Waals surface area contributed by atoms with Gasteiger partial charge in [0.2, 0.25) is 0 Å². The molecule has 0 N–H and O–H groups in total. The molecule has 164 valence electrons. The molecule has 3 aromatic rings. The van der Waals surface area contributed by atoms with E-state index in [-0.39, 0.29) is 17.4 Å². The van der Waals surface area contributed by atoms with Crippen LogP contribution in [0.4, 0.5) is 0 Å². The summed E-state index contributed by atoms with van der Waals surface area (Å²) in [6, 6.07) is 5.65. The van der Waals surface area contributed by atoms with Crippen molar-refractivity contribution in [1.82, 2.24) is 9.55 Å². The van der Waals surface area contributed by atoms with E-state index in [4.69, 9.17) is 14.2 Å². The Bertz CT molecular complexity index is 1170.